The zero-order valence-corrected chi connectivity index (χ0v) is 10.0. The summed E-state index contributed by atoms with van der Waals surface area (Å²) in [5, 5.41) is 9.24. The van der Waals surface area contributed by atoms with Gasteiger partial charge in [0.15, 0.2) is 0 Å². The minimum Gasteiger partial charge on any atom is -0.393 e. The minimum absolute atomic E-state index is 0.0187. The Bertz CT molecular complexity index is 317. The summed E-state index contributed by atoms with van der Waals surface area (Å²) < 4.78 is 5.68. The fourth-order valence-electron chi connectivity index (χ4n) is 1.46. The van der Waals surface area contributed by atoms with Crippen molar-refractivity contribution in [3.05, 3.63) is 48.0 Å². The van der Waals surface area contributed by atoms with Crippen molar-refractivity contribution in [2.45, 2.75) is 39.1 Å². The lowest BCUT2D eigenvalue weighted by Crippen LogP contribution is -2.14. The van der Waals surface area contributed by atoms with Crippen LogP contribution in [0.4, 0.5) is 0 Å². The Kier molecular flexibility index (Phi) is 5.23. The van der Waals surface area contributed by atoms with Crippen LogP contribution in [0.5, 0.6) is 0 Å². The van der Waals surface area contributed by atoms with E-state index in [4.69, 9.17) is 4.74 Å². The summed E-state index contributed by atoms with van der Waals surface area (Å²) in [5.41, 5.74) is 2.09. The van der Waals surface area contributed by atoms with E-state index in [-0.39, 0.29) is 12.2 Å². The maximum Gasteiger partial charge on any atom is 0.0759 e. The van der Waals surface area contributed by atoms with Crippen molar-refractivity contribution in [2.24, 2.45) is 0 Å². The van der Waals surface area contributed by atoms with Crippen LogP contribution in [0.2, 0.25) is 0 Å². The van der Waals surface area contributed by atoms with E-state index in [0.717, 1.165) is 11.1 Å². The zero-order valence-electron chi connectivity index (χ0n) is 10.0. The van der Waals surface area contributed by atoms with Crippen molar-refractivity contribution < 1.29 is 9.84 Å². The Morgan fingerprint density at radius 3 is 2.50 bits per heavy atom. The van der Waals surface area contributed by atoms with Crippen LogP contribution in [0.15, 0.2) is 42.5 Å². The van der Waals surface area contributed by atoms with Crippen molar-refractivity contribution in [1.82, 2.24) is 0 Å². The Morgan fingerprint density at radius 1 is 1.31 bits per heavy atom. The van der Waals surface area contributed by atoms with Crippen LogP contribution in [-0.2, 0) is 11.3 Å². The Labute approximate surface area is 97.6 Å². The number of aliphatic hydroxyl groups excluding tert-OH is 1. The Morgan fingerprint density at radius 2 is 1.94 bits per heavy atom. The molecule has 1 aromatic rings. The molecule has 2 atom stereocenters. The van der Waals surface area contributed by atoms with Gasteiger partial charge in [-0.25, -0.2) is 0 Å². The first-order chi connectivity index (χ1) is 7.59. The lowest BCUT2D eigenvalue weighted by molar-refractivity contribution is 0.0692. The van der Waals surface area contributed by atoms with Gasteiger partial charge in [0, 0.05) is 0 Å². The summed E-state index contributed by atoms with van der Waals surface area (Å²) in [6.45, 7) is 8.23. The summed E-state index contributed by atoms with van der Waals surface area (Å²) in [6, 6.07) is 10.0. The van der Waals surface area contributed by atoms with Crippen LogP contribution >= 0.6 is 0 Å². The smallest absolute Gasteiger partial charge is 0.0759 e. The van der Waals surface area contributed by atoms with Crippen molar-refractivity contribution in [2.75, 3.05) is 0 Å². The van der Waals surface area contributed by atoms with E-state index in [9.17, 15) is 5.11 Å². The van der Waals surface area contributed by atoms with Gasteiger partial charge < -0.3 is 9.84 Å². The molecular weight excluding hydrogens is 200 g/mol. The highest BCUT2D eigenvalue weighted by molar-refractivity contribution is 5.13. The third-order valence-corrected chi connectivity index (χ3v) is 2.48. The van der Waals surface area contributed by atoms with Crippen molar-refractivity contribution in [3.8, 4) is 0 Å². The number of rotatable bonds is 6. The standard InChI is InChI=1S/C14H20O2/c1-11(9-12(2)15)13(3)16-10-14-7-5-4-6-8-14/h4-8,12-13,15H,1,9-10H2,2-3H3/t12-,13-/m1/s1. The molecule has 0 aliphatic rings. The Hall–Kier alpha value is -1.12. The number of hydrogen-bond acceptors (Lipinski definition) is 2. The minimum atomic E-state index is -0.352. The number of ether oxygens (including phenoxy) is 1. The molecule has 1 rings (SSSR count). The van der Waals surface area contributed by atoms with Gasteiger partial charge in [0.05, 0.1) is 18.8 Å². The fourth-order valence-corrected chi connectivity index (χ4v) is 1.46. The molecule has 88 valence electrons. The lowest BCUT2D eigenvalue weighted by atomic mass is 10.1. The van der Waals surface area contributed by atoms with Gasteiger partial charge >= 0.3 is 0 Å². The largest absolute Gasteiger partial charge is 0.393 e. The highest BCUT2D eigenvalue weighted by atomic mass is 16.5. The average molecular weight is 220 g/mol. The van der Waals surface area contributed by atoms with Crippen LogP contribution in [0.3, 0.4) is 0 Å². The van der Waals surface area contributed by atoms with E-state index < -0.39 is 0 Å². The predicted molar refractivity (Wildman–Crippen MR) is 66.1 cm³/mol. The molecule has 0 fully saturated rings. The van der Waals surface area contributed by atoms with Gasteiger partial charge in [-0.05, 0) is 31.4 Å². The van der Waals surface area contributed by atoms with E-state index in [2.05, 4.69) is 6.58 Å². The second-order valence-electron chi connectivity index (χ2n) is 4.15. The van der Waals surface area contributed by atoms with Crippen LogP contribution in [0.1, 0.15) is 25.8 Å². The molecule has 0 aliphatic heterocycles. The zero-order chi connectivity index (χ0) is 12.0. The van der Waals surface area contributed by atoms with Gasteiger partial charge in [-0.2, -0.15) is 0 Å². The first-order valence-electron chi connectivity index (χ1n) is 5.61. The molecule has 16 heavy (non-hydrogen) atoms. The van der Waals surface area contributed by atoms with E-state index in [1.54, 1.807) is 6.92 Å². The highest BCUT2D eigenvalue weighted by Gasteiger charge is 2.09. The van der Waals surface area contributed by atoms with Crippen molar-refractivity contribution in [3.63, 3.8) is 0 Å². The molecule has 2 heteroatoms. The van der Waals surface area contributed by atoms with Gasteiger partial charge in [0.2, 0.25) is 0 Å². The SMILES string of the molecule is C=C(C[C@@H](C)O)[C@@H](C)OCc1ccccc1. The monoisotopic (exact) mass is 220 g/mol. The molecule has 0 aliphatic carbocycles. The summed E-state index contributed by atoms with van der Waals surface area (Å²) in [7, 11) is 0. The van der Waals surface area contributed by atoms with Gasteiger partial charge in [0.1, 0.15) is 0 Å². The normalized spacial score (nSPS) is 14.4. The molecule has 0 spiro atoms. The van der Waals surface area contributed by atoms with E-state index in [1.807, 2.05) is 37.3 Å². The van der Waals surface area contributed by atoms with E-state index in [1.165, 1.54) is 0 Å². The summed E-state index contributed by atoms with van der Waals surface area (Å²) >= 11 is 0. The van der Waals surface area contributed by atoms with Gasteiger partial charge in [-0.3, -0.25) is 0 Å². The van der Waals surface area contributed by atoms with Crippen LogP contribution in [0.25, 0.3) is 0 Å². The van der Waals surface area contributed by atoms with E-state index in [0.29, 0.717) is 13.0 Å². The fraction of sp³-hybridized carbons (Fsp3) is 0.429. The molecule has 0 saturated carbocycles. The number of hydrogen-bond donors (Lipinski definition) is 1. The van der Waals surface area contributed by atoms with Gasteiger partial charge in [0.25, 0.3) is 0 Å². The van der Waals surface area contributed by atoms with Crippen molar-refractivity contribution in [1.29, 1.82) is 0 Å². The molecule has 0 aromatic heterocycles. The van der Waals surface area contributed by atoms with E-state index >= 15 is 0 Å². The third kappa shape index (κ3) is 4.60. The van der Waals surface area contributed by atoms with Crippen LogP contribution in [-0.4, -0.2) is 17.3 Å². The molecule has 0 unspecified atom stereocenters. The van der Waals surface area contributed by atoms with Gasteiger partial charge in [-0.15, -0.1) is 0 Å². The predicted octanol–water partition coefficient (Wildman–Crippen LogP) is 2.92. The van der Waals surface area contributed by atoms with Crippen molar-refractivity contribution >= 4 is 0 Å². The Balaban J connectivity index is 2.35. The molecule has 0 saturated heterocycles. The summed E-state index contributed by atoms with van der Waals surface area (Å²) in [4.78, 5) is 0. The first-order valence-corrected chi connectivity index (χ1v) is 5.61. The average Bonchev–Trinajstić information content (AvgIpc) is 2.26. The molecule has 2 nitrogen and oxygen atoms in total. The molecule has 0 amide bonds. The number of benzene rings is 1. The summed E-state index contributed by atoms with van der Waals surface area (Å²) in [6.07, 6.45) is 0.223. The van der Waals surface area contributed by atoms with Crippen LogP contribution in [0, 0.1) is 0 Å². The molecule has 0 heterocycles. The second-order valence-corrected chi connectivity index (χ2v) is 4.15. The highest BCUT2D eigenvalue weighted by Crippen LogP contribution is 2.13. The molecule has 1 N–H and O–H groups in total. The van der Waals surface area contributed by atoms with Gasteiger partial charge in [-0.1, -0.05) is 36.9 Å². The topological polar surface area (TPSA) is 29.5 Å². The first kappa shape index (κ1) is 12.9. The molecule has 1 aromatic carbocycles. The number of aliphatic hydroxyl groups is 1. The molecular formula is C14H20O2. The third-order valence-electron chi connectivity index (χ3n) is 2.48. The maximum absolute atomic E-state index is 9.24. The molecule has 0 bridgehead atoms. The lowest BCUT2D eigenvalue weighted by Gasteiger charge is -2.17. The quantitative estimate of drug-likeness (QED) is 0.747. The maximum atomic E-state index is 9.24. The van der Waals surface area contributed by atoms with Crippen LogP contribution < -0.4 is 0 Å². The second kappa shape index (κ2) is 6.46. The molecule has 0 radical (unpaired) electrons. The summed E-state index contributed by atoms with van der Waals surface area (Å²) in [5.74, 6) is 0.